The highest BCUT2D eigenvalue weighted by molar-refractivity contribution is 5.41. The number of hydrogen-bond donors (Lipinski definition) is 0. The molecule has 1 aliphatic carbocycles. The predicted octanol–water partition coefficient (Wildman–Crippen LogP) is 3.74. The average Bonchev–Trinajstić information content (AvgIpc) is 2.84. The number of rotatable bonds is 2. The van der Waals surface area contributed by atoms with Gasteiger partial charge in [-0.25, -0.2) is 0 Å². The van der Waals surface area contributed by atoms with Crippen molar-refractivity contribution in [2.45, 2.75) is 63.1 Å². The average molecular weight is 255 g/mol. The zero-order chi connectivity index (χ0) is 13.3. The molecule has 2 nitrogen and oxygen atoms in total. The highest BCUT2D eigenvalue weighted by Crippen LogP contribution is 2.42. The Morgan fingerprint density at radius 3 is 2.95 bits per heavy atom. The van der Waals surface area contributed by atoms with Gasteiger partial charge >= 0.3 is 0 Å². The van der Waals surface area contributed by atoms with Gasteiger partial charge in [0.25, 0.3) is 0 Å². The van der Waals surface area contributed by atoms with E-state index in [2.05, 4.69) is 37.3 Å². The molecule has 3 atom stereocenters. The molecular formula is C17H21NO. The van der Waals surface area contributed by atoms with Gasteiger partial charge in [-0.1, -0.05) is 24.3 Å². The van der Waals surface area contributed by atoms with Crippen LogP contribution in [0, 0.1) is 11.3 Å². The van der Waals surface area contributed by atoms with Crippen LogP contribution in [0.5, 0.6) is 0 Å². The zero-order valence-corrected chi connectivity index (χ0v) is 11.6. The third-order valence-corrected chi connectivity index (χ3v) is 4.69. The molecule has 1 fully saturated rings. The Hall–Kier alpha value is -1.33. The fourth-order valence-electron chi connectivity index (χ4n) is 3.72. The molecule has 3 unspecified atom stereocenters. The lowest BCUT2D eigenvalue weighted by molar-refractivity contribution is 0.0395. The molecular weight excluding hydrogens is 234 g/mol. The molecule has 0 N–H and O–H groups in total. The second-order valence-electron chi connectivity index (χ2n) is 6.05. The smallest absolute Gasteiger partial charge is 0.0849 e. The van der Waals surface area contributed by atoms with Crippen LogP contribution in [0.25, 0.3) is 0 Å². The Kier molecular flexibility index (Phi) is 3.33. The summed E-state index contributed by atoms with van der Waals surface area (Å²) in [4.78, 5) is 0. The largest absolute Gasteiger partial charge is 0.375 e. The first-order valence-electron chi connectivity index (χ1n) is 7.39. The van der Waals surface area contributed by atoms with E-state index in [9.17, 15) is 5.26 Å². The molecule has 1 heterocycles. The number of nitrogens with zero attached hydrogens (tertiary/aromatic N) is 1. The van der Waals surface area contributed by atoms with Gasteiger partial charge in [0.15, 0.2) is 0 Å². The second-order valence-corrected chi connectivity index (χ2v) is 6.05. The molecule has 1 aliphatic heterocycles. The molecule has 0 saturated carbocycles. The van der Waals surface area contributed by atoms with Crippen LogP contribution in [0.2, 0.25) is 0 Å². The SMILES string of the molecule is CC1CCC(CC2(C#N)CCCc3ccccc32)O1. The minimum atomic E-state index is -0.316. The van der Waals surface area contributed by atoms with Crippen LogP contribution in [0.15, 0.2) is 24.3 Å². The maximum absolute atomic E-state index is 9.81. The zero-order valence-electron chi connectivity index (χ0n) is 11.6. The lowest BCUT2D eigenvalue weighted by atomic mass is 9.68. The van der Waals surface area contributed by atoms with Crippen molar-refractivity contribution in [3.05, 3.63) is 35.4 Å². The van der Waals surface area contributed by atoms with E-state index in [1.165, 1.54) is 11.1 Å². The van der Waals surface area contributed by atoms with Crippen LogP contribution >= 0.6 is 0 Å². The maximum Gasteiger partial charge on any atom is 0.0849 e. The fraction of sp³-hybridized carbons (Fsp3) is 0.588. The summed E-state index contributed by atoms with van der Waals surface area (Å²) in [6.07, 6.45) is 6.94. The van der Waals surface area contributed by atoms with E-state index < -0.39 is 0 Å². The molecule has 100 valence electrons. The van der Waals surface area contributed by atoms with E-state index in [0.717, 1.165) is 38.5 Å². The van der Waals surface area contributed by atoms with E-state index in [0.29, 0.717) is 6.10 Å². The quantitative estimate of drug-likeness (QED) is 0.806. The van der Waals surface area contributed by atoms with E-state index in [4.69, 9.17) is 4.74 Å². The molecule has 2 aliphatic rings. The topological polar surface area (TPSA) is 33.0 Å². The van der Waals surface area contributed by atoms with Gasteiger partial charge in [-0.05, 0) is 56.6 Å². The summed E-state index contributed by atoms with van der Waals surface area (Å²) in [5.74, 6) is 0. The Morgan fingerprint density at radius 2 is 2.21 bits per heavy atom. The third-order valence-electron chi connectivity index (χ3n) is 4.69. The Morgan fingerprint density at radius 1 is 1.37 bits per heavy atom. The molecule has 0 aromatic heterocycles. The standard InChI is InChI=1S/C17H21NO/c1-13-8-9-15(19-13)11-17(12-18)10-4-6-14-5-2-3-7-16(14)17/h2-3,5,7,13,15H,4,6,8-11H2,1H3. The molecule has 19 heavy (non-hydrogen) atoms. The molecule has 0 amide bonds. The summed E-state index contributed by atoms with van der Waals surface area (Å²) < 4.78 is 5.95. The minimum absolute atomic E-state index is 0.265. The van der Waals surface area contributed by atoms with Crippen LogP contribution in [0.1, 0.15) is 50.2 Å². The summed E-state index contributed by atoms with van der Waals surface area (Å²) in [5, 5.41) is 9.81. The third kappa shape index (κ3) is 2.28. The van der Waals surface area contributed by atoms with Gasteiger partial charge in [-0.2, -0.15) is 5.26 Å². The summed E-state index contributed by atoms with van der Waals surface area (Å²) in [7, 11) is 0. The van der Waals surface area contributed by atoms with Crippen LogP contribution < -0.4 is 0 Å². The van der Waals surface area contributed by atoms with E-state index in [-0.39, 0.29) is 11.5 Å². The number of ether oxygens (including phenoxy) is 1. The summed E-state index contributed by atoms with van der Waals surface area (Å²) in [6, 6.07) is 11.1. The van der Waals surface area contributed by atoms with Crippen LogP contribution in [-0.4, -0.2) is 12.2 Å². The van der Waals surface area contributed by atoms with Gasteiger partial charge in [0.2, 0.25) is 0 Å². The maximum atomic E-state index is 9.81. The first-order valence-corrected chi connectivity index (χ1v) is 7.39. The van der Waals surface area contributed by atoms with E-state index in [1.807, 2.05) is 0 Å². The Bertz CT molecular complexity index is 504. The molecule has 0 spiro atoms. The van der Waals surface area contributed by atoms with Gasteiger partial charge in [-0.3, -0.25) is 0 Å². The van der Waals surface area contributed by atoms with Gasteiger partial charge in [0.05, 0.1) is 23.7 Å². The monoisotopic (exact) mass is 255 g/mol. The Labute approximate surface area is 115 Å². The molecule has 0 radical (unpaired) electrons. The van der Waals surface area contributed by atoms with Gasteiger partial charge in [0.1, 0.15) is 0 Å². The van der Waals surface area contributed by atoms with E-state index >= 15 is 0 Å². The van der Waals surface area contributed by atoms with Gasteiger partial charge in [0, 0.05) is 0 Å². The van der Waals surface area contributed by atoms with E-state index in [1.54, 1.807) is 0 Å². The highest BCUT2D eigenvalue weighted by atomic mass is 16.5. The lowest BCUT2D eigenvalue weighted by Gasteiger charge is -2.35. The van der Waals surface area contributed by atoms with Crippen molar-refractivity contribution in [2.75, 3.05) is 0 Å². The fourth-order valence-corrected chi connectivity index (χ4v) is 3.72. The number of aryl methyl sites for hydroxylation is 1. The number of fused-ring (bicyclic) bond motifs is 1. The van der Waals surface area contributed by atoms with Crippen molar-refractivity contribution in [3.8, 4) is 6.07 Å². The molecule has 2 heteroatoms. The molecule has 0 bridgehead atoms. The van der Waals surface area contributed by atoms with Crippen molar-refractivity contribution in [1.82, 2.24) is 0 Å². The van der Waals surface area contributed by atoms with Crippen LogP contribution in [-0.2, 0) is 16.6 Å². The lowest BCUT2D eigenvalue weighted by Crippen LogP contribution is -2.33. The molecule has 1 saturated heterocycles. The minimum Gasteiger partial charge on any atom is -0.375 e. The molecule has 3 rings (SSSR count). The Balaban J connectivity index is 1.90. The van der Waals surface area contributed by atoms with Crippen molar-refractivity contribution >= 4 is 0 Å². The summed E-state index contributed by atoms with van der Waals surface area (Å²) in [6.45, 7) is 2.13. The second kappa shape index (κ2) is 4.98. The number of hydrogen-bond acceptors (Lipinski definition) is 2. The summed E-state index contributed by atoms with van der Waals surface area (Å²) >= 11 is 0. The van der Waals surface area contributed by atoms with Crippen molar-refractivity contribution in [1.29, 1.82) is 5.26 Å². The van der Waals surface area contributed by atoms with Crippen molar-refractivity contribution in [3.63, 3.8) is 0 Å². The first kappa shape index (κ1) is 12.7. The molecule has 1 aromatic rings. The van der Waals surface area contributed by atoms with Crippen molar-refractivity contribution in [2.24, 2.45) is 0 Å². The highest BCUT2D eigenvalue weighted by Gasteiger charge is 2.40. The van der Waals surface area contributed by atoms with Crippen LogP contribution in [0.4, 0.5) is 0 Å². The van der Waals surface area contributed by atoms with Gasteiger partial charge < -0.3 is 4.74 Å². The molecule has 1 aromatic carbocycles. The number of nitriles is 1. The van der Waals surface area contributed by atoms with Crippen molar-refractivity contribution < 1.29 is 4.74 Å². The predicted molar refractivity (Wildman–Crippen MR) is 74.9 cm³/mol. The van der Waals surface area contributed by atoms with Gasteiger partial charge in [-0.15, -0.1) is 0 Å². The summed E-state index contributed by atoms with van der Waals surface area (Å²) in [5.41, 5.74) is 2.30. The van der Waals surface area contributed by atoms with Crippen LogP contribution in [0.3, 0.4) is 0 Å². The first-order chi connectivity index (χ1) is 9.23. The number of benzene rings is 1. The normalized spacial score (nSPS) is 33.7.